The molecule has 7 heteroatoms. The molecule has 0 unspecified atom stereocenters. The lowest BCUT2D eigenvalue weighted by Crippen LogP contribution is -2.19. The number of hydrogen-bond donors (Lipinski definition) is 1. The predicted octanol–water partition coefficient (Wildman–Crippen LogP) is 3.40. The van der Waals surface area contributed by atoms with Gasteiger partial charge in [-0.3, -0.25) is 0 Å². The molecule has 2 aromatic carbocycles. The van der Waals surface area contributed by atoms with Crippen molar-refractivity contribution in [1.82, 2.24) is 0 Å². The zero-order chi connectivity index (χ0) is 19.0. The third kappa shape index (κ3) is 3.24. The van der Waals surface area contributed by atoms with Crippen molar-refractivity contribution in [3.05, 3.63) is 29.3 Å². The normalized spacial score (nSPS) is 12.7. The van der Waals surface area contributed by atoms with Gasteiger partial charge in [0.05, 0.1) is 17.8 Å². The zero-order valence-corrected chi connectivity index (χ0v) is 15.0. The van der Waals surface area contributed by atoms with Gasteiger partial charge >= 0.3 is 11.9 Å². The molecule has 26 heavy (non-hydrogen) atoms. The van der Waals surface area contributed by atoms with Gasteiger partial charge in [0.1, 0.15) is 11.3 Å². The number of aromatic hydroxyl groups is 1. The highest BCUT2D eigenvalue weighted by atomic mass is 16.7. The van der Waals surface area contributed by atoms with Gasteiger partial charge in [0.2, 0.25) is 6.79 Å². The van der Waals surface area contributed by atoms with Gasteiger partial charge in [0, 0.05) is 5.39 Å². The summed E-state index contributed by atoms with van der Waals surface area (Å²) in [5.74, 6) is -0.924. The molecule has 7 nitrogen and oxygen atoms in total. The van der Waals surface area contributed by atoms with Crippen molar-refractivity contribution in [2.75, 3.05) is 6.79 Å². The van der Waals surface area contributed by atoms with Crippen LogP contribution in [0.15, 0.2) is 18.2 Å². The Labute approximate surface area is 150 Å². The monoisotopic (exact) mass is 360 g/mol. The van der Waals surface area contributed by atoms with Crippen LogP contribution >= 0.6 is 0 Å². The van der Waals surface area contributed by atoms with Crippen molar-refractivity contribution < 1.29 is 33.6 Å². The fourth-order valence-corrected chi connectivity index (χ4v) is 2.69. The van der Waals surface area contributed by atoms with Crippen LogP contribution in [0.25, 0.3) is 10.8 Å². The largest absolute Gasteiger partial charge is 0.506 e. The van der Waals surface area contributed by atoms with E-state index in [2.05, 4.69) is 0 Å². The Kier molecular flexibility index (Phi) is 4.63. The molecule has 0 atom stereocenters. The Morgan fingerprint density at radius 1 is 0.962 bits per heavy atom. The highest BCUT2D eigenvalue weighted by Crippen LogP contribution is 2.41. The second-order valence-corrected chi connectivity index (χ2v) is 6.48. The van der Waals surface area contributed by atoms with Crippen LogP contribution in [0.3, 0.4) is 0 Å². The molecule has 0 aromatic heterocycles. The van der Waals surface area contributed by atoms with Gasteiger partial charge in [0.25, 0.3) is 0 Å². The number of ether oxygens (including phenoxy) is 4. The molecular formula is C19H20O7. The average molecular weight is 360 g/mol. The van der Waals surface area contributed by atoms with E-state index in [4.69, 9.17) is 18.9 Å². The van der Waals surface area contributed by atoms with E-state index in [0.717, 1.165) is 0 Å². The highest BCUT2D eigenvalue weighted by Gasteiger charge is 2.28. The minimum absolute atomic E-state index is 0.0618. The van der Waals surface area contributed by atoms with Crippen LogP contribution in [0.1, 0.15) is 48.4 Å². The van der Waals surface area contributed by atoms with Crippen LogP contribution in [0, 0.1) is 0 Å². The average Bonchev–Trinajstić information content (AvgIpc) is 2.98. The summed E-state index contributed by atoms with van der Waals surface area (Å²) in [5.41, 5.74) is -0.288. The number of hydrogen-bond acceptors (Lipinski definition) is 7. The quantitative estimate of drug-likeness (QED) is 0.836. The van der Waals surface area contributed by atoms with Gasteiger partial charge in [-0.05, 0) is 51.3 Å². The van der Waals surface area contributed by atoms with Gasteiger partial charge in [0.15, 0.2) is 11.5 Å². The molecule has 138 valence electrons. The Morgan fingerprint density at radius 2 is 1.54 bits per heavy atom. The molecule has 0 aliphatic carbocycles. The predicted molar refractivity (Wildman–Crippen MR) is 92.8 cm³/mol. The van der Waals surface area contributed by atoms with Crippen molar-refractivity contribution in [1.29, 1.82) is 0 Å². The molecule has 1 heterocycles. The lowest BCUT2D eigenvalue weighted by molar-refractivity contribution is 0.0325. The van der Waals surface area contributed by atoms with Crippen molar-refractivity contribution in [2.45, 2.75) is 39.9 Å². The Morgan fingerprint density at radius 3 is 2.15 bits per heavy atom. The van der Waals surface area contributed by atoms with E-state index in [0.29, 0.717) is 22.3 Å². The molecule has 0 spiro atoms. The number of rotatable bonds is 4. The van der Waals surface area contributed by atoms with E-state index in [1.165, 1.54) is 6.07 Å². The summed E-state index contributed by atoms with van der Waals surface area (Å²) in [7, 11) is 0. The molecule has 2 aromatic rings. The molecule has 1 aliphatic heterocycles. The van der Waals surface area contributed by atoms with Crippen LogP contribution in [-0.2, 0) is 9.47 Å². The van der Waals surface area contributed by atoms with Crippen molar-refractivity contribution in [3.8, 4) is 17.2 Å². The minimum atomic E-state index is -0.798. The summed E-state index contributed by atoms with van der Waals surface area (Å²) in [5, 5.41) is 11.6. The fourth-order valence-electron chi connectivity index (χ4n) is 2.69. The SMILES string of the molecule is CC(C)OC(=O)c1cc2cc3c(cc2c(O)c1C(=O)OC(C)C)OCO3. The number of fused-ring (bicyclic) bond motifs is 2. The summed E-state index contributed by atoms with van der Waals surface area (Å²) in [4.78, 5) is 25.0. The van der Waals surface area contributed by atoms with E-state index in [1.807, 2.05) is 0 Å². The van der Waals surface area contributed by atoms with Crippen LogP contribution < -0.4 is 9.47 Å². The molecule has 3 rings (SSSR count). The van der Waals surface area contributed by atoms with Crippen molar-refractivity contribution in [2.24, 2.45) is 0 Å². The molecule has 0 amide bonds. The Hall–Kier alpha value is -2.96. The standard InChI is InChI=1S/C19H20O7/c1-9(2)25-18(21)13-5-11-6-14-15(24-8-23-14)7-12(11)17(20)16(13)19(22)26-10(3)4/h5-7,9-10,20H,8H2,1-4H3. The topological polar surface area (TPSA) is 91.3 Å². The van der Waals surface area contributed by atoms with Gasteiger partial charge in [-0.1, -0.05) is 0 Å². The summed E-state index contributed by atoms with van der Waals surface area (Å²) >= 11 is 0. The number of carbonyl (C=O) groups is 2. The number of phenols is 1. The number of benzene rings is 2. The number of carbonyl (C=O) groups excluding carboxylic acids is 2. The maximum absolute atomic E-state index is 12.5. The van der Waals surface area contributed by atoms with Gasteiger partial charge in [-0.15, -0.1) is 0 Å². The molecule has 0 fully saturated rings. The lowest BCUT2D eigenvalue weighted by atomic mass is 9.98. The van der Waals surface area contributed by atoms with E-state index >= 15 is 0 Å². The first-order valence-corrected chi connectivity index (χ1v) is 8.29. The fraction of sp³-hybridized carbons (Fsp3) is 0.368. The van der Waals surface area contributed by atoms with Crippen LogP contribution in [0.5, 0.6) is 17.2 Å². The van der Waals surface area contributed by atoms with Crippen molar-refractivity contribution >= 4 is 22.7 Å². The van der Waals surface area contributed by atoms with E-state index < -0.39 is 18.0 Å². The van der Waals surface area contributed by atoms with Gasteiger partial charge in [-0.25, -0.2) is 9.59 Å². The van der Waals surface area contributed by atoms with Gasteiger partial charge in [-0.2, -0.15) is 0 Å². The van der Waals surface area contributed by atoms with E-state index in [1.54, 1.807) is 39.8 Å². The zero-order valence-electron chi connectivity index (χ0n) is 15.0. The third-order valence-corrected chi connectivity index (χ3v) is 3.72. The lowest BCUT2D eigenvalue weighted by Gasteiger charge is -2.16. The Balaban J connectivity index is 2.22. The number of esters is 2. The first-order chi connectivity index (χ1) is 12.3. The van der Waals surface area contributed by atoms with Crippen molar-refractivity contribution in [3.63, 3.8) is 0 Å². The molecule has 0 radical (unpaired) electrons. The second-order valence-electron chi connectivity index (χ2n) is 6.48. The molecule has 1 aliphatic rings. The summed E-state index contributed by atoms with van der Waals surface area (Å²) < 4.78 is 21.1. The summed E-state index contributed by atoms with van der Waals surface area (Å²) in [6.07, 6.45) is -0.797. The van der Waals surface area contributed by atoms with Crippen LogP contribution in [0.4, 0.5) is 0 Å². The molecular weight excluding hydrogens is 340 g/mol. The van der Waals surface area contributed by atoms with Crippen LogP contribution in [0.2, 0.25) is 0 Å². The summed E-state index contributed by atoms with van der Waals surface area (Å²) in [6, 6.07) is 4.69. The highest BCUT2D eigenvalue weighted by molar-refractivity contribution is 6.11. The van der Waals surface area contributed by atoms with E-state index in [9.17, 15) is 14.7 Å². The molecule has 1 N–H and O–H groups in total. The maximum atomic E-state index is 12.5. The first-order valence-electron chi connectivity index (χ1n) is 8.29. The second kappa shape index (κ2) is 6.74. The first kappa shape index (κ1) is 17.8. The Bertz CT molecular complexity index is 883. The minimum Gasteiger partial charge on any atom is -0.506 e. The smallest absolute Gasteiger partial charge is 0.343 e. The third-order valence-electron chi connectivity index (χ3n) is 3.72. The van der Waals surface area contributed by atoms with E-state index in [-0.39, 0.29) is 29.8 Å². The maximum Gasteiger partial charge on any atom is 0.343 e. The van der Waals surface area contributed by atoms with Gasteiger partial charge < -0.3 is 24.1 Å². The molecule has 0 bridgehead atoms. The number of phenolic OH excluding ortho intramolecular Hbond substituents is 1. The van der Waals surface area contributed by atoms with Crippen LogP contribution in [-0.4, -0.2) is 36.0 Å². The summed E-state index contributed by atoms with van der Waals surface area (Å²) in [6.45, 7) is 6.82. The molecule has 0 saturated carbocycles. The molecule has 0 saturated heterocycles.